The third-order valence-electron chi connectivity index (χ3n) is 2.87. The number of rotatable bonds is 4. The summed E-state index contributed by atoms with van der Waals surface area (Å²) in [4.78, 5) is 22.0. The third kappa shape index (κ3) is 4.20. The van der Waals surface area contributed by atoms with Gasteiger partial charge in [0, 0.05) is 6.21 Å². The molecule has 1 aliphatic heterocycles. The summed E-state index contributed by atoms with van der Waals surface area (Å²) in [7, 11) is 0. The summed E-state index contributed by atoms with van der Waals surface area (Å²) in [6, 6.07) is 0. The number of amides is 1. The molecule has 2 atom stereocenters. The minimum atomic E-state index is -0.994. The van der Waals surface area contributed by atoms with E-state index in [1.165, 1.54) is 0 Å². The van der Waals surface area contributed by atoms with E-state index in [-0.39, 0.29) is 12.3 Å². The lowest BCUT2D eigenvalue weighted by atomic mass is 9.96. The van der Waals surface area contributed by atoms with Crippen molar-refractivity contribution in [2.75, 3.05) is 0 Å². The van der Waals surface area contributed by atoms with Crippen molar-refractivity contribution in [2.45, 2.75) is 30.9 Å². The number of nitrogens with zero attached hydrogens (tertiary/aromatic N) is 2. The molecule has 2 rings (SSSR count). The molecule has 1 heterocycles. The lowest BCUT2D eigenvalue weighted by Crippen LogP contribution is -2.26. The van der Waals surface area contributed by atoms with Crippen molar-refractivity contribution in [3.8, 4) is 0 Å². The first kappa shape index (κ1) is 13.8. The summed E-state index contributed by atoms with van der Waals surface area (Å²) in [5.74, 6) is -0.917. The van der Waals surface area contributed by atoms with Gasteiger partial charge >= 0.3 is 5.97 Å². The first-order valence-corrected chi connectivity index (χ1v) is 6.98. The highest BCUT2D eigenvalue weighted by Gasteiger charge is 2.32. The van der Waals surface area contributed by atoms with Crippen LogP contribution in [0.4, 0.5) is 0 Å². The second-order valence-corrected chi connectivity index (χ2v) is 5.60. The molecule has 7 heteroatoms. The van der Waals surface area contributed by atoms with Crippen molar-refractivity contribution in [3.05, 3.63) is 12.2 Å². The van der Waals surface area contributed by atoms with Crippen LogP contribution in [0.15, 0.2) is 22.4 Å². The van der Waals surface area contributed by atoms with Gasteiger partial charge in [-0.05, 0) is 25.2 Å². The molecular weight excluding hydrogens is 266 g/mol. The minimum absolute atomic E-state index is 0.202. The topological polar surface area (TPSA) is 91.1 Å². The predicted molar refractivity (Wildman–Crippen MR) is 74.2 cm³/mol. The van der Waals surface area contributed by atoms with E-state index >= 15 is 0 Å². The Bertz CT molecular complexity index is 459. The number of hydrogen-bond acceptors (Lipinski definition) is 5. The Morgan fingerprint density at radius 3 is 3.11 bits per heavy atom. The molecule has 1 saturated heterocycles. The van der Waals surface area contributed by atoms with Gasteiger partial charge in [0.05, 0.1) is 6.42 Å². The van der Waals surface area contributed by atoms with Gasteiger partial charge in [-0.15, -0.1) is 5.10 Å². The maximum atomic E-state index is 11.4. The lowest BCUT2D eigenvalue weighted by molar-refractivity contribution is -0.138. The number of carbonyl (C=O) groups is 2. The van der Waals surface area contributed by atoms with Crippen LogP contribution in [0.2, 0.25) is 0 Å². The summed E-state index contributed by atoms with van der Waals surface area (Å²) in [5, 5.41) is 18.8. The lowest BCUT2D eigenvalue weighted by Gasteiger charge is -2.10. The van der Waals surface area contributed by atoms with Crippen molar-refractivity contribution in [2.24, 2.45) is 16.1 Å². The van der Waals surface area contributed by atoms with Gasteiger partial charge < -0.3 is 10.4 Å². The molecule has 102 valence electrons. The minimum Gasteiger partial charge on any atom is -0.481 e. The van der Waals surface area contributed by atoms with Crippen LogP contribution in [-0.2, 0) is 9.59 Å². The van der Waals surface area contributed by atoms with Gasteiger partial charge in [-0.3, -0.25) is 9.59 Å². The van der Waals surface area contributed by atoms with Crippen molar-refractivity contribution in [1.29, 1.82) is 0 Å². The van der Waals surface area contributed by atoms with E-state index in [9.17, 15) is 9.59 Å². The van der Waals surface area contributed by atoms with Crippen LogP contribution in [-0.4, -0.2) is 33.6 Å². The normalized spacial score (nSPS) is 29.1. The van der Waals surface area contributed by atoms with Crippen LogP contribution in [0.5, 0.6) is 0 Å². The maximum absolute atomic E-state index is 11.4. The summed E-state index contributed by atoms with van der Waals surface area (Å²) >= 11 is 1.11. The van der Waals surface area contributed by atoms with E-state index in [1.54, 1.807) is 6.21 Å². The number of thioether (sulfide) groups is 1. The van der Waals surface area contributed by atoms with Crippen LogP contribution in [0.3, 0.4) is 0 Å². The fourth-order valence-electron chi connectivity index (χ4n) is 1.88. The van der Waals surface area contributed by atoms with Crippen molar-refractivity contribution >= 4 is 35.0 Å². The summed E-state index contributed by atoms with van der Waals surface area (Å²) in [5.41, 5.74) is 0. The Hall–Kier alpha value is -1.63. The van der Waals surface area contributed by atoms with E-state index in [4.69, 9.17) is 5.11 Å². The highest BCUT2D eigenvalue weighted by Crippen LogP contribution is 2.22. The molecule has 1 aliphatic carbocycles. The first-order chi connectivity index (χ1) is 9.15. The maximum Gasteiger partial charge on any atom is 0.305 e. The summed E-state index contributed by atoms with van der Waals surface area (Å²) < 4.78 is 0. The number of allylic oxidation sites excluding steroid dienone is 2. The molecule has 0 spiro atoms. The number of aliphatic carboxylic acids is 1. The van der Waals surface area contributed by atoms with Crippen LogP contribution >= 0.6 is 11.8 Å². The Balaban J connectivity index is 1.87. The van der Waals surface area contributed by atoms with Gasteiger partial charge in [-0.25, -0.2) is 0 Å². The van der Waals surface area contributed by atoms with E-state index in [2.05, 4.69) is 27.7 Å². The fourth-order valence-corrected chi connectivity index (χ4v) is 2.79. The van der Waals surface area contributed by atoms with Gasteiger partial charge in [0.2, 0.25) is 5.91 Å². The molecule has 0 aromatic heterocycles. The van der Waals surface area contributed by atoms with Crippen LogP contribution in [0, 0.1) is 5.92 Å². The molecule has 0 bridgehead atoms. The molecule has 19 heavy (non-hydrogen) atoms. The number of nitrogens with one attached hydrogen (secondary N) is 1. The van der Waals surface area contributed by atoms with Crippen LogP contribution in [0.1, 0.15) is 25.7 Å². The zero-order chi connectivity index (χ0) is 13.7. The Morgan fingerprint density at radius 2 is 2.42 bits per heavy atom. The molecule has 2 aliphatic rings. The molecule has 0 unspecified atom stereocenters. The van der Waals surface area contributed by atoms with Gasteiger partial charge in [-0.2, -0.15) is 5.10 Å². The van der Waals surface area contributed by atoms with E-state index in [1.807, 2.05) is 0 Å². The molecule has 2 N–H and O–H groups in total. The zero-order valence-corrected chi connectivity index (χ0v) is 11.1. The standard InChI is InChI=1S/C12H15N3O3S/c16-10(17)6-9-11(18)14-12(19-9)15-13-7-8-4-2-1-3-5-8/h1-2,7-9H,3-6H2,(H,16,17)(H,14,15,18)/b13-7-/t8-,9+/m0/s1. The third-order valence-corrected chi connectivity index (χ3v) is 3.94. The number of carboxylic acid groups (broad SMARTS) is 1. The Morgan fingerprint density at radius 1 is 1.58 bits per heavy atom. The Kier molecular flexibility index (Phi) is 4.73. The average Bonchev–Trinajstić information content (AvgIpc) is 2.70. The second kappa shape index (κ2) is 6.51. The van der Waals surface area contributed by atoms with Crippen LogP contribution in [0.25, 0.3) is 0 Å². The smallest absolute Gasteiger partial charge is 0.305 e. The van der Waals surface area contributed by atoms with Crippen molar-refractivity contribution in [1.82, 2.24) is 5.32 Å². The first-order valence-electron chi connectivity index (χ1n) is 6.10. The number of hydrogen-bond donors (Lipinski definition) is 2. The molecule has 1 amide bonds. The average molecular weight is 281 g/mol. The van der Waals surface area contributed by atoms with Crippen molar-refractivity contribution < 1.29 is 14.7 Å². The molecular formula is C12H15N3O3S. The highest BCUT2D eigenvalue weighted by atomic mass is 32.2. The predicted octanol–water partition coefficient (Wildman–Crippen LogP) is 1.39. The van der Waals surface area contributed by atoms with Gasteiger partial charge in [0.15, 0.2) is 5.17 Å². The number of carboxylic acids is 1. The molecule has 0 saturated carbocycles. The summed E-state index contributed by atoms with van der Waals surface area (Å²) in [6.45, 7) is 0. The second-order valence-electron chi connectivity index (χ2n) is 4.41. The largest absolute Gasteiger partial charge is 0.481 e. The van der Waals surface area contributed by atoms with Gasteiger partial charge in [-0.1, -0.05) is 23.9 Å². The van der Waals surface area contributed by atoms with Crippen LogP contribution < -0.4 is 5.32 Å². The molecule has 6 nitrogen and oxygen atoms in total. The van der Waals surface area contributed by atoms with Crippen molar-refractivity contribution in [3.63, 3.8) is 0 Å². The number of amidine groups is 1. The van der Waals surface area contributed by atoms with E-state index in [0.29, 0.717) is 11.1 Å². The molecule has 0 aromatic carbocycles. The van der Waals surface area contributed by atoms with E-state index < -0.39 is 11.2 Å². The fraction of sp³-hybridized carbons (Fsp3) is 0.500. The number of carbonyl (C=O) groups excluding carboxylic acids is 1. The SMILES string of the molecule is O=C(O)C[C@H]1S/C(=N\N=C/[C@H]2CC=CCC2)NC1=O. The molecule has 1 fully saturated rings. The molecule has 0 radical (unpaired) electrons. The van der Waals surface area contributed by atoms with Gasteiger partial charge in [0.1, 0.15) is 5.25 Å². The monoisotopic (exact) mass is 281 g/mol. The highest BCUT2D eigenvalue weighted by molar-refractivity contribution is 8.15. The zero-order valence-electron chi connectivity index (χ0n) is 10.3. The van der Waals surface area contributed by atoms with Gasteiger partial charge in [0.25, 0.3) is 0 Å². The quantitative estimate of drug-likeness (QED) is 0.463. The molecule has 0 aromatic rings. The summed E-state index contributed by atoms with van der Waals surface area (Å²) in [6.07, 6.45) is 8.95. The van der Waals surface area contributed by atoms with E-state index in [0.717, 1.165) is 31.0 Å². The Labute approximate surface area is 115 Å².